The van der Waals surface area contributed by atoms with E-state index in [1.807, 2.05) is 12.1 Å². The van der Waals surface area contributed by atoms with Crippen LogP contribution in [0.15, 0.2) is 53.4 Å². The van der Waals surface area contributed by atoms with Crippen LogP contribution in [0.5, 0.6) is 0 Å². The van der Waals surface area contributed by atoms with E-state index < -0.39 is 10.0 Å². The molecule has 0 saturated carbocycles. The molecule has 2 aromatic carbocycles. The summed E-state index contributed by atoms with van der Waals surface area (Å²) in [5.41, 5.74) is 3.99. The summed E-state index contributed by atoms with van der Waals surface area (Å²) < 4.78 is 22.4. The number of nitrogens with two attached hydrogens (primary N) is 1. The van der Waals surface area contributed by atoms with Gasteiger partial charge in [-0.1, -0.05) is 36.4 Å². The van der Waals surface area contributed by atoms with Gasteiger partial charge in [-0.15, -0.1) is 0 Å². The fourth-order valence-corrected chi connectivity index (χ4v) is 3.49. The molecule has 0 amide bonds. The van der Waals surface area contributed by atoms with Crippen molar-refractivity contribution in [2.45, 2.75) is 30.2 Å². The van der Waals surface area contributed by atoms with Gasteiger partial charge in [0.2, 0.25) is 10.0 Å². The Morgan fingerprint density at radius 3 is 2.14 bits per heavy atom. The number of primary sulfonamides is 1. The number of fused-ring (bicyclic) bond motifs is 1. The van der Waals surface area contributed by atoms with Crippen molar-refractivity contribution in [3.05, 3.63) is 65.2 Å². The summed E-state index contributed by atoms with van der Waals surface area (Å²) in [5.74, 6) is 0. The van der Waals surface area contributed by atoms with E-state index in [1.165, 1.54) is 11.1 Å². The zero-order valence-electron chi connectivity index (χ0n) is 12.3. The lowest BCUT2D eigenvalue weighted by molar-refractivity contribution is 0.536. The quantitative estimate of drug-likeness (QED) is 0.881. The van der Waals surface area contributed by atoms with Crippen LogP contribution in [0, 0.1) is 0 Å². The standard InChI is InChI=1S/C17H20N2O2S/c18-22(20,21)17-7-5-13(6-8-17)9-10-19-16-11-14-3-1-2-4-15(14)12-16/h1-8,16,19H,9-12H2,(H2,18,20,21). The summed E-state index contributed by atoms with van der Waals surface area (Å²) in [5, 5.41) is 8.67. The molecular weight excluding hydrogens is 296 g/mol. The first-order valence-corrected chi connectivity index (χ1v) is 8.99. The molecule has 4 nitrogen and oxygen atoms in total. The number of nitrogens with one attached hydrogen (secondary N) is 1. The zero-order valence-corrected chi connectivity index (χ0v) is 13.1. The van der Waals surface area contributed by atoms with Gasteiger partial charge in [0.15, 0.2) is 0 Å². The van der Waals surface area contributed by atoms with E-state index in [9.17, 15) is 8.42 Å². The first kappa shape index (κ1) is 15.2. The number of hydrogen-bond acceptors (Lipinski definition) is 3. The predicted octanol–water partition coefficient (Wildman–Crippen LogP) is 1.63. The summed E-state index contributed by atoms with van der Waals surface area (Å²) >= 11 is 0. The van der Waals surface area contributed by atoms with E-state index in [0.717, 1.165) is 31.4 Å². The van der Waals surface area contributed by atoms with Crippen LogP contribution >= 0.6 is 0 Å². The highest BCUT2D eigenvalue weighted by atomic mass is 32.2. The van der Waals surface area contributed by atoms with Gasteiger partial charge in [0.05, 0.1) is 4.90 Å². The van der Waals surface area contributed by atoms with Crippen LogP contribution in [0.25, 0.3) is 0 Å². The number of hydrogen-bond donors (Lipinski definition) is 2. The Kier molecular flexibility index (Phi) is 4.29. The van der Waals surface area contributed by atoms with Crippen molar-refractivity contribution >= 4 is 10.0 Å². The van der Waals surface area contributed by atoms with E-state index in [0.29, 0.717) is 6.04 Å². The lowest BCUT2D eigenvalue weighted by Gasteiger charge is -2.12. The fraction of sp³-hybridized carbons (Fsp3) is 0.294. The smallest absolute Gasteiger partial charge is 0.238 e. The third-order valence-electron chi connectivity index (χ3n) is 4.15. The molecule has 1 aliphatic rings. The molecule has 0 aromatic heterocycles. The minimum absolute atomic E-state index is 0.162. The molecule has 1 aliphatic carbocycles. The Bertz CT molecular complexity index is 729. The number of rotatable bonds is 5. The van der Waals surface area contributed by atoms with Crippen LogP contribution in [0.1, 0.15) is 16.7 Å². The zero-order chi connectivity index (χ0) is 15.6. The Labute approximate surface area is 131 Å². The fourth-order valence-electron chi connectivity index (χ4n) is 2.97. The normalized spacial score (nSPS) is 15.0. The van der Waals surface area contributed by atoms with E-state index in [4.69, 9.17) is 5.14 Å². The molecule has 116 valence electrons. The van der Waals surface area contributed by atoms with Crippen molar-refractivity contribution < 1.29 is 8.42 Å². The highest BCUT2D eigenvalue weighted by Crippen LogP contribution is 2.21. The average molecular weight is 316 g/mol. The van der Waals surface area contributed by atoms with Crippen molar-refractivity contribution in [3.8, 4) is 0 Å². The summed E-state index contributed by atoms with van der Waals surface area (Å²) in [6.07, 6.45) is 3.04. The molecule has 0 aliphatic heterocycles. The van der Waals surface area contributed by atoms with Gasteiger partial charge in [-0.3, -0.25) is 0 Å². The van der Waals surface area contributed by atoms with E-state index in [-0.39, 0.29) is 4.90 Å². The highest BCUT2D eigenvalue weighted by Gasteiger charge is 2.19. The molecule has 0 bridgehead atoms. The maximum absolute atomic E-state index is 11.2. The average Bonchev–Trinajstić information content (AvgIpc) is 2.89. The van der Waals surface area contributed by atoms with Crippen LogP contribution < -0.4 is 10.5 Å². The van der Waals surface area contributed by atoms with Crippen molar-refractivity contribution in [2.24, 2.45) is 5.14 Å². The first-order valence-electron chi connectivity index (χ1n) is 7.44. The molecule has 0 heterocycles. The third-order valence-corrected chi connectivity index (χ3v) is 5.08. The Balaban J connectivity index is 1.50. The Hall–Kier alpha value is -1.69. The SMILES string of the molecule is NS(=O)(=O)c1ccc(CCNC2Cc3ccccc3C2)cc1. The first-order chi connectivity index (χ1) is 10.5. The molecule has 22 heavy (non-hydrogen) atoms. The molecule has 0 unspecified atom stereocenters. The third kappa shape index (κ3) is 3.55. The van der Waals surface area contributed by atoms with Crippen LogP contribution in [0.2, 0.25) is 0 Å². The van der Waals surface area contributed by atoms with Crippen LogP contribution in [-0.4, -0.2) is 21.0 Å². The van der Waals surface area contributed by atoms with Crippen molar-refractivity contribution in [1.82, 2.24) is 5.32 Å². The molecule has 2 aromatic rings. The predicted molar refractivity (Wildman–Crippen MR) is 87.2 cm³/mol. The lowest BCUT2D eigenvalue weighted by Crippen LogP contribution is -2.31. The monoisotopic (exact) mass is 316 g/mol. The van der Waals surface area contributed by atoms with Crippen LogP contribution in [0.3, 0.4) is 0 Å². The van der Waals surface area contributed by atoms with E-state index in [1.54, 1.807) is 12.1 Å². The molecule has 0 radical (unpaired) electrons. The molecule has 0 atom stereocenters. The van der Waals surface area contributed by atoms with Gasteiger partial charge in [-0.2, -0.15) is 0 Å². The lowest BCUT2D eigenvalue weighted by atomic mass is 10.1. The van der Waals surface area contributed by atoms with Crippen molar-refractivity contribution in [1.29, 1.82) is 0 Å². The van der Waals surface area contributed by atoms with Gasteiger partial charge in [0.1, 0.15) is 0 Å². The molecule has 0 spiro atoms. The second-order valence-electron chi connectivity index (χ2n) is 5.77. The van der Waals surface area contributed by atoms with Gasteiger partial charge >= 0.3 is 0 Å². The summed E-state index contributed by atoms with van der Waals surface area (Å²) in [7, 11) is -3.60. The Morgan fingerprint density at radius 1 is 1.00 bits per heavy atom. The number of benzene rings is 2. The Morgan fingerprint density at radius 2 is 1.59 bits per heavy atom. The molecule has 3 N–H and O–H groups in total. The minimum Gasteiger partial charge on any atom is -0.313 e. The van der Waals surface area contributed by atoms with Crippen LogP contribution in [0.4, 0.5) is 0 Å². The van der Waals surface area contributed by atoms with Crippen molar-refractivity contribution in [3.63, 3.8) is 0 Å². The van der Waals surface area contributed by atoms with Gasteiger partial charge in [0.25, 0.3) is 0 Å². The van der Waals surface area contributed by atoms with Gasteiger partial charge in [-0.25, -0.2) is 13.6 Å². The summed E-state index contributed by atoms with van der Waals surface area (Å²) in [6, 6.07) is 15.9. The van der Waals surface area contributed by atoms with Gasteiger partial charge < -0.3 is 5.32 Å². The van der Waals surface area contributed by atoms with E-state index in [2.05, 4.69) is 29.6 Å². The second-order valence-corrected chi connectivity index (χ2v) is 7.33. The molecule has 3 rings (SSSR count). The maximum atomic E-state index is 11.2. The van der Waals surface area contributed by atoms with E-state index >= 15 is 0 Å². The molecule has 5 heteroatoms. The van der Waals surface area contributed by atoms with Crippen LogP contribution in [-0.2, 0) is 29.3 Å². The topological polar surface area (TPSA) is 72.2 Å². The van der Waals surface area contributed by atoms with Gasteiger partial charge in [-0.05, 0) is 54.6 Å². The minimum atomic E-state index is -3.60. The maximum Gasteiger partial charge on any atom is 0.238 e. The highest BCUT2D eigenvalue weighted by molar-refractivity contribution is 7.89. The second kappa shape index (κ2) is 6.20. The van der Waals surface area contributed by atoms with Gasteiger partial charge in [0, 0.05) is 6.04 Å². The molecule has 0 saturated heterocycles. The van der Waals surface area contributed by atoms with Crippen molar-refractivity contribution in [2.75, 3.05) is 6.54 Å². The molecular formula is C17H20N2O2S. The summed E-state index contributed by atoms with van der Waals surface area (Å²) in [6.45, 7) is 0.882. The number of sulfonamides is 1. The summed E-state index contributed by atoms with van der Waals surface area (Å²) in [4.78, 5) is 0.162. The molecule has 0 fully saturated rings. The largest absolute Gasteiger partial charge is 0.313 e.